The molecule has 0 aromatic rings. The summed E-state index contributed by atoms with van der Waals surface area (Å²) in [6.07, 6.45) is 7.14. The second-order valence-corrected chi connectivity index (χ2v) is 4.60. The predicted octanol–water partition coefficient (Wildman–Crippen LogP) is 1.78. The molecule has 1 saturated carbocycles. The van der Waals surface area contributed by atoms with Crippen LogP contribution in [0.4, 0.5) is 0 Å². The molecule has 2 nitrogen and oxygen atoms in total. The summed E-state index contributed by atoms with van der Waals surface area (Å²) in [7, 11) is 0. The van der Waals surface area contributed by atoms with E-state index in [-0.39, 0.29) is 5.60 Å². The average Bonchev–Trinajstić information content (AvgIpc) is 2.14. The molecule has 1 N–H and O–H groups in total. The van der Waals surface area contributed by atoms with Crippen LogP contribution < -0.4 is 0 Å². The lowest BCUT2D eigenvalue weighted by molar-refractivity contribution is -0.111. The van der Waals surface area contributed by atoms with E-state index in [1.165, 1.54) is 32.2 Å². The first-order chi connectivity index (χ1) is 6.26. The lowest BCUT2D eigenvalue weighted by atomic mass is 9.71. The first-order valence-electron chi connectivity index (χ1n) is 5.73. The summed E-state index contributed by atoms with van der Waals surface area (Å²) in [4.78, 5) is 2.47. The van der Waals surface area contributed by atoms with E-state index in [1.807, 2.05) is 0 Å². The van der Waals surface area contributed by atoms with Crippen LogP contribution in [0.25, 0.3) is 0 Å². The molecule has 1 heterocycles. The van der Waals surface area contributed by atoms with E-state index in [4.69, 9.17) is 0 Å². The third-order valence-corrected chi connectivity index (χ3v) is 3.86. The first-order valence-corrected chi connectivity index (χ1v) is 5.73. The Morgan fingerprint density at radius 3 is 2.62 bits per heavy atom. The first kappa shape index (κ1) is 9.47. The van der Waals surface area contributed by atoms with Crippen LogP contribution in [0.2, 0.25) is 0 Å². The molecule has 2 rings (SSSR count). The minimum atomic E-state index is -0.309. The van der Waals surface area contributed by atoms with Crippen LogP contribution in [0.15, 0.2) is 0 Å². The number of likely N-dealkylation sites (tertiary alicyclic amines) is 1. The second-order valence-electron chi connectivity index (χ2n) is 4.60. The van der Waals surface area contributed by atoms with Crippen LogP contribution in [-0.2, 0) is 0 Å². The zero-order chi connectivity index (χ0) is 9.31. The van der Waals surface area contributed by atoms with Crippen molar-refractivity contribution in [2.45, 2.75) is 57.1 Å². The monoisotopic (exact) mass is 183 g/mol. The maximum Gasteiger partial charge on any atom is 0.0802 e. The summed E-state index contributed by atoms with van der Waals surface area (Å²) in [5, 5.41) is 10.3. The number of rotatable bonds is 2. The molecular formula is C11H21NO. The number of hydrogen-bond acceptors (Lipinski definition) is 2. The highest BCUT2D eigenvalue weighted by molar-refractivity contribution is 5.00. The highest BCUT2D eigenvalue weighted by Crippen LogP contribution is 2.40. The zero-order valence-corrected chi connectivity index (χ0v) is 8.63. The van der Waals surface area contributed by atoms with E-state index in [0.717, 1.165) is 19.4 Å². The summed E-state index contributed by atoms with van der Waals surface area (Å²) >= 11 is 0. The molecule has 1 atom stereocenters. The van der Waals surface area contributed by atoms with Crippen molar-refractivity contribution >= 4 is 0 Å². The molecular weight excluding hydrogens is 162 g/mol. The zero-order valence-electron chi connectivity index (χ0n) is 8.63. The maximum absolute atomic E-state index is 10.3. The Morgan fingerprint density at radius 1 is 1.31 bits per heavy atom. The Hall–Kier alpha value is -0.0800. The quantitative estimate of drug-likeness (QED) is 0.705. The molecule has 2 heteroatoms. The third-order valence-electron chi connectivity index (χ3n) is 3.86. The Bertz CT molecular complexity index is 177. The van der Waals surface area contributed by atoms with Crippen LogP contribution in [0.3, 0.4) is 0 Å². The van der Waals surface area contributed by atoms with Gasteiger partial charge in [-0.25, -0.2) is 0 Å². The normalized spacial score (nSPS) is 34.2. The SMILES string of the molecule is CCN1CCCCC1C1(O)CCC1. The Kier molecular flexibility index (Phi) is 2.61. The van der Waals surface area contributed by atoms with Gasteiger partial charge in [-0.2, -0.15) is 0 Å². The van der Waals surface area contributed by atoms with Crippen molar-refractivity contribution in [3.8, 4) is 0 Å². The van der Waals surface area contributed by atoms with Gasteiger partial charge in [-0.05, 0) is 45.2 Å². The molecule has 2 fully saturated rings. The molecule has 0 aromatic heterocycles. The van der Waals surface area contributed by atoms with Gasteiger partial charge in [0.15, 0.2) is 0 Å². The minimum Gasteiger partial charge on any atom is -0.388 e. The number of piperidine rings is 1. The molecule has 2 aliphatic rings. The Balaban J connectivity index is 2.01. The van der Waals surface area contributed by atoms with Crippen LogP contribution in [0.5, 0.6) is 0 Å². The Morgan fingerprint density at radius 2 is 2.08 bits per heavy atom. The van der Waals surface area contributed by atoms with Gasteiger partial charge >= 0.3 is 0 Å². The number of aliphatic hydroxyl groups is 1. The summed E-state index contributed by atoms with van der Waals surface area (Å²) < 4.78 is 0. The highest BCUT2D eigenvalue weighted by atomic mass is 16.3. The fourth-order valence-electron chi connectivity index (χ4n) is 2.85. The van der Waals surface area contributed by atoms with Gasteiger partial charge in [0, 0.05) is 6.04 Å². The predicted molar refractivity (Wildman–Crippen MR) is 53.7 cm³/mol. The van der Waals surface area contributed by atoms with Crippen LogP contribution in [-0.4, -0.2) is 34.7 Å². The van der Waals surface area contributed by atoms with E-state index in [0.29, 0.717) is 6.04 Å². The number of hydrogen-bond donors (Lipinski definition) is 1. The smallest absolute Gasteiger partial charge is 0.0802 e. The standard InChI is InChI=1S/C11H21NO/c1-2-12-9-4-3-6-10(12)11(13)7-5-8-11/h10,13H,2-9H2,1H3. The lowest BCUT2D eigenvalue weighted by Gasteiger charge is -2.50. The van der Waals surface area contributed by atoms with E-state index < -0.39 is 0 Å². The molecule has 76 valence electrons. The fraction of sp³-hybridized carbons (Fsp3) is 1.00. The summed E-state index contributed by atoms with van der Waals surface area (Å²) in [6, 6.07) is 0.472. The van der Waals surface area contributed by atoms with Crippen LogP contribution in [0, 0.1) is 0 Å². The molecule has 0 spiro atoms. The number of nitrogens with zero attached hydrogens (tertiary/aromatic N) is 1. The third kappa shape index (κ3) is 1.62. The van der Waals surface area contributed by atoms with Gasteiger partial charge in [-0.3, -0.25) is 4.90 Å². The van der Waals surface area contributed by atoms with Gasteiger partial charge in [0.1, 0.15) is 0 Å². The summed E-state index contributed by atoms with van der Waals surface area (Å²) in [5.74, 6) is 0. The highest BCUT2D eigenvalue weighted by Gasteiger charge is 2.44. The van der Waals surface area contributed by atoms with Crippen molar-refractivity contribution in [3.63, 3.8) is 0 Å². The largest absolute Gasteiger partial charge is 0.388 e. The van der Waals surface area contributed by atoms with Crippen molar-refractivity contribution < 1.29 is 5.11 Å². The molecule has 1 saturated heterocycles. The molecule has 0 amide bonds. The molecule has 0 bridgehead atoms. The molecule has 1 aliphatic carbocycles. The second kappa shape index (κ2) is 3.58. The van der Waals surface area contributed by atoms with Gasteiger partial charge in [-0.15, -0.1) is 0 Å². The topological polar surface area (TPSA) is 23.5 Å². The average molecular weight is 183 g/mol. The van der Waals surface area contributed by atoms with Gasteiger partial charge in [0.2, 0.25) is 0 Å². The maximum atomic E-state index is 10.3. The van der Waals surface area contributed by atoms with E-state index in [2.05, 4.69) is 11.8 Å². The van der Waals surface area contributed by atoms with Crippen molar-refractivity contribution in [2.75, 3.05) is 13.1 Å². The Labute approximate surface area is 80.9 Å². The number of likely N-dealkylation sites (N-methyl/N-ethyl adjacent to an activating group) is 1. The van der Waals surface area contributed by atoms with Gasteiger partial charge in [0.25, 0.3) is 0 Å². The van der Waals surface area contributed by atoms with Gasteiger partial charge < -0.3 is 5.11 Å². The van der Waals surface area contributed by atoms with Crippen molar-refractivity contribution in [3.05, 3.63) is 0 Å². The van der Waals surface area contributed by atoms with Gasteiger partial charge in [-0.1, -0.05) is 13.3 Å². The molecule has 1 unspecified atom stereocenters. The molecule has 0 aromatic carbocycles. The van der Waals surface area contributed by atoms with Crippen molar-refractivity contribution in [1.29, 1.82) is 0 Å². The van der Waals surface area contributed by atoms with E-state index in [9.17, 15) is 5.11 Å². The molecule has 0 radical (unpaired) electrons. The van der Waals surface area contributed by atoms with Crippen LogP contribution in [0.1, 0.15) is 45.4 Å². The van der Waals surface area contributed by atoms with Crippen LogP contribution >= 0.6 is 0 Å². The summed E-state index contributed by atoms with van der Waals surface area (Å²) in [6.45, 7) is 4.51. The lowest BCUT2D eigenvalue weighted by Crippen LogP contribution is -2.58. The van der Waals surface area contributed by atoms with Crippen molar-refractivity contribution in [2.24, 2.45) is 0 Å². The van der Waals surface area contributed by atoms with E-state index >= 15 is 0 Å². The van der Waals surface area contributed by atoms with E-state index in [1.54, 1.807) is 0 Å². The minimum absolute atomic E-state index is 0.309. The van der Waals surface area contributed by atoms with Gasteiger partial charge in [0.05, 0.1) is 5.60 Å². The fourth-order valence-corrected chi connectivity index (χ4v) is 2.85. The van der Waals surface area contributed by atoms with Crippen molar-refractivity contribution in [1.82, 2.24) is 4.90 Å². The molecule has 1 aliphatic heterocycles. The molecule has 13 heavy (non-hydrogen) atoms. The summed E-state index contributed by atoms with van der Waals surface area (Å²) in [5.41, 5.74) is -0.309.